The van der Waals surface area contributed by atoms with E-state index in [1.165, 1.54) is 12.1 Å². The molecule has 0 bridgehead atoms. The van der Waals surface area contributed by atoms with Gasteiger partial charge in [-0.1, -0.05) is 13.0 Å². The van der Waals surface area contributed by atoms with E-state index < -0.39 is 5.82 Å². The molecule has 0 aliphatic heterocycles. The average molecular weight is 232 g/mol. The number of nitrogens with zero attached hydrogens (tertiary/aromatic N) is 2. The summed E-state index contributed by atoms with van der Waals surface area (Å²) in [6.07, 6.45) is 3.29. The molecule has 4 heteroatoms. The van der Waals surface area contributed by atoms with E-state index in [2.05, 4.69) is 5.10 Å². The Morgan fingerprint density at radius 3 is 2.82 bits per heavy atom. The van der Waals surface area contributed by atoms with E-state index in [0.717, 1.165) is 23.2 Å². The van der Waals surface area contributed by atoms with Crippen LogP contribution in [0.1, 0.15) is 23.0 Å². The fourth-order valence-electron chi connectivity index (χ4n) is 1.90. The number of carbonyl (C=O) groups is 1. The molecule has 2 aromatic rings. The number of hydrogen-bond acceptors (Lipinski definition) is 2. The Kier molecular flexibility index (Phi) is 3.04. The molecule has 0 amide bonds. The monoisotopic (exact) mass is 232 g/mol. The summed E-state index contributed by atoms with van der Waals surface area (Å²) in [6, 6.07) is 4.22. The van der Waals surface area contributed by atoms with Gasteiger partial charge in [0.05, 0.1) is 5.69 Å². The predicted octanol–water partition coefficient (Wildman–Crippen LogP) is 2.60. The third-order valence-corrected chi connectivity index (χ3v) is 2.67. The van der Waals surface area contributed by atoms with E-state index in [1.54, 1.807) is 10.7 Å². The molecule has 17 heavy (non-hydrogen) atoms. The van der Waals surface area contributed by atoms with Gasteiger partial charge in [-0.25, -0.2) is 4.39 Å². The van der Waals surface area contributed by atoms with Crippen molar-refractivity contribution in [3.63, 3.8) is 0 Å². The third-order valence-electron chi connectivity index (χ3n) is 2.67. The summed E-state index contributed by atoms with van der Waals surface area (Å²) < 4.78 is 14.8. The molecular formula is C13H13FN2O. The minimum Gasteiger partial charge on any atom is -0.298 e. The van der Waals surface area contributed by atoms with E-state index in [4.69, 9.17) is 0 Å². The van der Waals surface area contributed by atoms with Crippen LogP contribution < -0.4 is 0 Å². The fraction of sp³-hybridized carbons (Fsp3) is 0.231. The van der Waals surface area contributed by atoms with Gasteiger partial charge in [-0.15, -0.1) is 0 Å². The SMILES string of the molecule is CCc1nn(C)cc1-c1ccc(F)cc1C=O. The van der Waals surface area contributed by atoms with Gasteiger partial charge in [0.25, 0.3) is 0 Å². The molecule has 1 aromatic heterocycles. The Morgan fingerprint density at radius 1 is 1.41 bits per heavy atom. The molecule has 1 heterocycles. The Hall–Kier alpha value is -1.97. The molecule has 0 aliphatic rings. The molecule has 88 valence electrons. The summed E-state index contributed by atoms with van der Waals surface area (Å²) in [4.78, 5) is 11.0. The normalized spacial score (nSPS) is 10.5. The molecule has 2 rings (SSSR count). The molecular weight excluding hydrogens is 219 g/mol. The first kappa shape index (κ1) is 11.5. The molecule has 3 nitrogen and oxygen atoms in total. The zero-order chi connectivity index (χ0) is 12.4. The van der Waals surface area contributed by atoms with Crippen LogP contribution in [-0.4, -0.2) is 16.1 Å². The Morgan fingerprint density at radius 2 is 2.18 bits per heavy atom. The minimum atomic E-state index is -0.405. The van der Waals surface area contributed by atoms with E-state index >= 15 is 0 Å². The van der Waals surface area contributed by atoms with Crippen molar-refractivity contribution in [2.45, 2.75) is 13.3 Å². The molecule has 1 aromatic carbocycles. The summed E-state index contributed by atoms with van der Waals surface area (Å²) in [6.45, 7) is 2.00. The van der Waals surface area contributed by atoms with Crippen molar-refractivity contribution < 1.29 is 9.18 Å². The van der Waals surface area contributed by atoms with E-state index in [9.17, 15) is 9.18 Å². The molecule has 0 saturated heterocycles. The third kappa shape index (κ3) is 2.11. The van der Waals surface area contributed by atoms with Crippen molar-refractivity contribution >= 4 is 6.29 Å². The predicted molar refractivity (Wildman–Crippen MR) is 63.4 cm³/mol. The van der Waals surface area contributed by atoms with Crippen molar-refractivity contribution in [3.8, 4) is 11.1 Å². The molecule has 0 radical (unpaired) electrons. The van der Waals surface area contributed by atoms with E-state index in [1.807, 2.05) is 20.2 Å². The first-order valence-electron chi connectivity index (χ1n) is 5.43. The largest absolute Gasteiger partial charge is 0.298 e. The van der Waals surface area contributed by atoms with Crippen LogP contribution in [-0.2, 0) is 13.5 Å². The number of hydrogen-bond donors (Lipinski definition) is 0. The van der Waals surface area contributed by atoms with Crippen LogP contribution in [0.2, 0.25) is 0 Å². The Balaban J connectivity index is 2.63. The van der Waals surface area contributed by atoms with Crippen molar-refractivity contribution in [2.24, 2.45) is 7.05 Å². The van der Waals surface area contributed by atoms with Gasteiger partial charge in [-0.05, 0) is 24.1 Å². The number of aromatic nitrogens is 2. The highest BCUT2D eigenvalue weighted by Gasteiger charge is 2.12. The van der Waals surface area contributed by atoms with E-state index in [0.29, 0.717) is 11.8 Å². The lowest BCUT2D eigenvalue weighted by Crippen LogP contribution is -1.92. The molecule has 0 fully saturated rings. The van der Waals surface area contributed by atoms with Crippen LogP contribution in [0.4, 0.5) is 4.39 Å². The van der Waals surface area contributed by atoms with E-state index in [-0.39, 0.29) is 0 Å². The van der Waals surface area contributed by atoms with Crippen molar-refractivity contribution in [1.82, 2.24) is 9.78 Å². The van der Waals surface area contributed by atoms with Crippen LogP contribution in [0, 0.1) is 5.82 Å². The summed E-state index contributed by atoms with van der Waals surface area (Å²) in [7, 11) is 1.83. The standard InChI is InChI=1S/C13H13FN2O/c1-3-13-12(7-16(2)15-13)11-5-4-10(14)6-9(11)8-17/h4-8H,3H2,1-2H3. The Labute approximate surface area is 98.9 Å². The van der Waals surface area contributed by atoms with Crippen LogP contribution in [0.25, 0.3) is 11.1 Å². The first-order valence-corrected chi connectivity index (χ1v) is 5.43. The summed E-state index contributed by atoms with van der Waals surface area (Å²) in [5, 5.41) is 4.31. The van der Waals surface area contributed by atoms with Gasteiger partial charge in [0.2, 0.25) is 0 Å². The van der Waals surface area contributed by atoms with Gasteiger partial charge in [0.15, 0.2) is 6.29 Å². The number of carbonyl (C=O) groups excluding carboxylic acids is 1. The lowest BCUT2D eigenvalue weighted by molar-refractivity contribution is 0.112. The molecule has 0 aliphatic carbocycles. The van der Waals surface area contributed by atoms with Gasteiger partial charge in [0, 0.05) is 24.4 Å². The number of halogens is 1. The maximum atomic E-state index is 13.1. The number of aryl methyl sites for hydroxylation is 2. The second-order valence-corrected chi connectivity index (χ2v) is 3.87. The van der Waals surface area contributed by atoms with Gasteiger partial charge in [0.1, 0.15) is 5.82 Å². The van der Waals surface area contributed by atoms with Crippen molar-refractivity contribution in [1.29, 1.82) is 0 Å². The van der Waals surface area contributed by atoms with Crippen molar-refractivity contribution in [3.05, 3.63) is 41.5 Å². The van der Waals surface area contributed by atoms with Crippen LogP contribution >= 0.6 is 0 Å². The summed E-state index contributed by atoms with van der Waals surface area (Å²) in [5.74, 6) is -0.405. The zero-order valence-corrected chi connectivity index (χ0v) is 9.77. The number of benzene rings is 1. The highest BCUT2D eigenvalue weighted by Crippen LogP contribution is 2.26. The maximum absolute atomic E-state index is 13.1. The molecule has 0 spiro atoms. The Bertz CT molecular complexity index is 561. The van der Waals surface area contributed by atoms with Gasteiger partial charge in [-0.2, -0.15) is 5.10 Å². The maximum Gasteiger partial charge on any atom is 0.150 e. The minimum absolute atomic E-state index is 0.354. The molecule has 0 N–H and O–H groups in total. The van der Waals surface area contributed by atoms with Crippen LogP contribution in [0.3, 0.4) is 0 Å². The lowest BCUT2D eigenvalue weighted by atomic mass is 10.00. The second-order valence-electron chi connectivity index (χ2n) is 3.87. The molecule has 0 atom stereocenters. The van der Waals surface area contributed by atoms with Crippen molar-refractivity contribution in [2.75, 3.05) is 0 Å². The summed E-state index contributed by atoms with van der Waals surface area (Å²) in [5.41, 5.74) is 2.87. The smallest absolute Gasteiger partial charge is 0.150 e. The fourth-order valence-corrected chi connectivity index (χ4v) is 1.90. The topological polar surface area (TPSA) is 34.9 Å². The van der Waals surface area contributed by atoms with Gasteiger partial charge < -0.3 is 0 Å². The van der Waals surface area contributed by atoms with Crippen LogP contribution in [0.5, 0.6) is 0 Å². The molecule has 0 saturated carbocycles. The van der Waals surface area contributed by atoms with Crippen LogP contribution in [0.15, 0.2) is 24.4 Å². The first-order chi connectivity index (χ1) is 8.15. The lowest BCUT2D eigenvalue weighted by Gasteiger charge is -2.04. The quantitative estimate of drug-likeness (QED) is 0.762. The zero-order valence-electron chi connectivity index (χ0n) is 9.77. The van der Waals surface area contributed by atoms with Gasteiger partial charge >= 0.3 is 0 Å². The average Bonchev–Trinajstić information content (AvgIpc) is 2.70. The highest BCUT2D eigenvalue weighted by atomic mass is 19.1. The molecule has 0 unspecified atom stereocenters. The number of aldehydes is 1. The number of rotatable bonds is 3. The van der Waals surface area contributed by atoms with Gasteiger partial charge in [-0.3, -0.25) is 9.48 Å². The second kappa shape index (κ2) is 4.49. The highest BCUT2D eigenvalue weighted by molar-refractivity contribution is 5.88. The summed E-state index contributed by atoms with van der Waals surface area (Å²) >= 11 is 0.